The van der Waals surface area contributed by atoms with Gasteiger partial charge in [0.1, 0.15) is 0 Å². The predicted octanol–water partition coefficient (Wildman–Crippen LogP) is 3.83. The first-order chi connectivity index (χ1) is 9.81. The molecule has 0 saturated carbocycles. The van der Waals surface area contributed by atoms with Crippen molar-refractivity contribution < 1.29 is 0 Å². The van der Waals surface area contributed by atoms with Crippen molar-refractivity contribution >= 4 is 22.2 Å². The zero-order valence-corrected chi connectivity index (χ0v) is 12.0. The molecule has 2 aromatic heterocycles. The summed E-state index contributed by atoms with van der Waals surface area (Å²) in [7, 11) is 0. The lowest BCUT2D eigenvalue weighted by molar-refractivity contribution is 0.883. The largest absolute Gasteiger partial charge is 0.320 e. The standard InChI is InChI=1S/C17H16N2S/c18-17(16-10-12-3-1-5-15(12)20-16)13-7-6-11-4-2-8-19-14(11)9-13/h2,4,6-10,17H,1,3,5,18H2. The average Bonchev–Trinajstić information content (AvgIpc) is 3.07. The van der Waals surface area contributed by atoms with Crippen molar-refractivity contribution in [1.82, 2.24) is 4.98 Å². The third-order valence-corrected chi connectivity index (χ3v) is 5.38. The minimum absolute atomic E-state index is 0.0305. The summed E-state index contributed by atoms with van der Waals surface area (Å²) in [4.78, 5) is 7.23. The highest BCUT2D eigenvalue weighted by molar-refractivity contribution is 7.12. The lowest BCUT2D eigenvalue weighted by Crippen LogP contribution is -2.10. The lowest BCUT2D eigenvalue weighted by Gasteiger charge is -2.11. The molecule has 3 heteroatoms. The first-order valence-electron chi connectivity index (χ1n) is 7.03. The Hall–Kier alpha value is -1.71. The van der Waals surface area contributed by atoms with E-state index < -0.39 is 0 Å². The minimum atomic E-state index is -0.0305. The van der Waals surface area contributed by atoms with E-state index in [0.717, 1.165) is 16.5 Å². The van der Waals surface area contributed by atoms with E-state index >= 15 is 0 Å². The Morgan fingerprint density at radius 1 is 1.15 bits per heavy atom. The van der Waals surface area contributed by atoms with Crippen LogP contribution in [0.15, 0.2) is 42.6 Å². The summed E-state index contributed by atoms with van der Waals surface area (Å²) >= 11 is 1.88. The molecule has 3 aromatic rings. The van der Waals surface area contributed by atoms with Gasteiger partial charge in [0.25, 0.3) is 0 Å². The molecule has 1 unspecified atom stereocenters. The van der Waals surface area contributed by atoms with E-state index in [9.17, 15) is 0 Å². The van der Waals surface area contributed by atoms with Crippen LogP contribution < -0.4 is 5.73 Å². The molecule has 0 aliphatic heterocycles. The van der Waals surface area contributed by atoms with Gasteiger partial charge in [0.05, 0.1) is 11.6 Å². The Bertz CT molecular complexity index is 754. The number of fused-ring (bicyclic) bond motifs is 2. The van der Waals surface area contributed by atoms with Gasteiger partial charge in [-0.1, -0.05) is 18.2 Å². The van der Waals surface area contributed by atoms with Crippen molar-refractivity contribution in [2.75, 3.05) is 0 Å². The van der Waals surface area contributed by atoms with Gasteiger partial charge < -0.3 is 5.73 Å². The molecule has 0 bridgehead atoms. The molecular weight excluding hydrogens is 264 g/mol. The molecule has 0 fully saturated rings. The van der Waals surface area contributed by atoms with E-state index in [4.69, 9.17) is 5.73 Å². The fourth-order valence-corrected chi connectivity index (χ4v) is 4.23. The number of rotatable bonds is 2. The molecule has 2 heterocycles. The second-order valence-corrected chi connectivity index (χ2v) is 6.55. The van der Waals surface area contributed by atoms with Gasteiger partial charge in [0.2, 0.25) is 0 Å². The number of nitrogens with two attached hydrogens (primary N) is 1. The van der Waals surface area contributed by atoms with Gasteiger partial charge in [-0.25, -0.2) is 0 Å². The number of thiophene rings is 1. The van der Waals surface area contributed by atoms with Crippen molar-refractivity contribution in [1.29, 1.82) is 0 Å². The van der Waals surface area contributed by atoms with Crippen molar-refractivity contribution in [2.24, 2.45) is 5.73 Å². The minimum Gasteiger partial charge on any atom is -0.320 e. The molecule has 2 nitrogen and oxygen atoms in total. The van der Waals surface area contributed by atoms with E-state index in [2.05, 4.69) is 35.3 Å². The normalized spacial score (nSPS) is 15.4. The second kappa shape index (κ2) is 4.69. The topological polar surface area (TPSA) is 38.9 Å². The highest BCUT2D eigenvalue weighted by atomic mass is 32.1. The Kier molecular flexibility index (Phi) is 2.83. The molecule has 100 valence electrons. The Balaban J connectivity index is 1.73. The third kappa shape index (κ3) is 1.94. The van der Waals surface area contributed by atoms with Gasteiger partial charge in [-0.3, -0.25) is 4.98 Å². The van der Waals surface area contributed by atoms with Crippen molar-refractivity contribution in [3.8, 4) is 0 Å². The first kappa shape index (κ1) is 12.1. The maximum atomic E-state index is 6.45. The number of nitrogens with zero attached hydrogens (tertiary/aromatic N) is 1. The van der Waals surface area contributed by atoms with E-state index in [-0.39, 0.29) is 6.04 Å². The van der Waals surface area contributed by atoms with E-state index in [1.54, 1.807) is 0 Å². The summed E-state index contributed by atoms with van der Waals surface area (Å²) in [5.41, 5.74) is 10.1. The molecule has 4 rings (SSSR count). The van der Waals surface area contributed by atoms with Crippen molar-refractivity contribution in [3.63, 3.8) is 0 Å². The fraction of sp³-hybridized carbons (Fsp3) is 0.235. The van der Waals surface area contributed by atoms with Gasteiger partial charge in [-0.15, -0.1) is 11.3 Å². The Labute approximate surface area is 122 Å². The molecule has 1 aliphatic carbocycles. The third-order valence-electron chi connectivity index (χ3n) is 4.06. The summed E-state index contributed by atoms with van der Waals surface area (Å²) in [5.74, 6) is 0. The van der Waals surface area contributed by atoms with Crippen LogP contribution in [0.3, 0.4) is 0 Å². The molecule has 1 aromatic carbocycles. The maximum Gasteiger partial charge on any atom is 0.0705 e. The van der Waals surface area contributed by atoms with Crippen LogP contribution in [0.2, 0.25) is 0 Å². The van der Waals surface area contributed by atoms with E-state index in [0.29, 0.717) is 0 Å². The SMILES string of the molecule is NC(c1ccc2cccnc2c1)c1cc2c(s1)CCC2. The zero-order chi connectivity index (χ0) is 13.5. The van der Waals surface area contributed by atoms with Crippen molar-refractivity contribution in [2.45, 2.75) is 25.3 Å². The number of hydrogen-bond acceptors (Lipinski definition) is 3. The first-order valence-corrected chi connectivity index (χ1v) is 7.85. The van der Waals surface area contributed by atoms with Gasteiger partial charge >= 0.3 is 0 Å². The molecule has 1 atom stereocenters. The Morgan fingerprint density at radius 2 is 2.10 bits per heavy atom. The summed E-state index contributed by atoms with van der Waals surface area (Å²) < 4.78 is 0. The predicted molar refractivity (Wildman–Crippen MR) is 84.1 cm³/mol. The summed E-state index contributed by atoms with van der Waals surface area (Å²) in [6, 6.07) is 12.7. The van der Waals surface area contributed by atoms with E-state index in [1.165, 1.54) is 34.6 Å². The van der Waals surface area contributed by atoms with Crippen LogP contribution in [-0.4, -0.2) is 4.98 Å². The van der Waals surface area contributed by atoms with Crippen LogP contribution in [-0.2, 0) is 12.8 Å². The van der Waals surface area contributed by atoms with Crippen LogP contribution >= 0.6 is 11.3 Å². The number of aryl methyl sites for hydroxylation is 2. The quantitative estimate of drug-likeness (QED) is 0.774. The second-order valence-electron chi connectivity index (χ2n) is 5.38. The monoisotopic (exact) mass is 280 g/mol. The Morgan fingerprint density at radius 3 is 3.00 bits per heavy atom. The molecule has 0 saturated heterocycles. The van der Waals surface area contributed by atoms with Crippen LogP contribution in [0, 0.1) is 0 Å². The van der Waals surface area contributed by atoms with Crippen LogP contribution in [0.4, 0.5) is 0 Å². The van der Waals surface area contributed by atoms with Gasteiger partial charge in [0.15, 0.2) is 0 Å². The van der Waals surface area contributed by atoms with Gasteiger partial charge in [-0.05, 0) is 48.6 Å². The molecule has 1 aliphatic rings. The number of aromatic nitrogens is 1. The highest BCUT2D eigenvalue weighted by Gasteiger charge is 2.19. The molecule has 2 N–H and O–H groups in total. The summed E-state index contributed by atoms with van der Waals surface area (Å²) in [6.45, 7) is 0. The number of pyridine rings is 1. The number of benzene rings is 1. The van der Waals surface area contributed by atoms with Crippen LogP contribution in [0.25, 0.3) is 10.9 Å². The van der Waals surface area contributed by atoms with E-state index in [1.807, 2.05) is 23.6 Å². The fourth-order valence-electron chi connectivity index (χ4n) is 2.95. The number of hydrogen-bond donors (Lipinski definition) is 1. The highest BCUT2D eigenvalue weighted by Crippen LogP contribution is 2.35. The molecule has 0 amide bonds. The van der Waals surface area contributed by atoms with Crippen LogP contribution in [0.1, 0.15) is 33.3 Å². The van der Waals surface area contributed by atoms with Crippen LogP contribution in [0.5, 0.6) is 0 Å². The maximum absolute atomic E-state index is 6.45. The average molecular weight is 280 g/mol. The zero-order valence-electron chi connectivity index (χ0n) is 11.2. The molecule has 20 heavy (non-hydrogen) atoms. The summed E-state index contributed by atoms with van der Waals surface area (Å²) in [5, 5.41) is 1.16. The summed E-state index contributed by atoms with van der Waals surface area (Å²) in [6.07, 6.45) is 5.58. The van der Waals surface area contributed by atoms with Crippen molar-refractivity contribution in [3.05, 3.63) is 63.5 Å². The molecule has 0 radical (unpaired) electrons. The molecular formula is C17H16N2S. The smallest absolute Gasteiger partial charge is 0.0705 e. The van der Waals surface area contributed by atoms with Gasteiger partial charge in [0, 0.05) is 21.3 Å². The van der Waals surface area contributed by atoms with Gasteiger partial charge in [-0.2, -0.15) is 0 Å². The molecule has 0 spiro atoms. The lowest BCUT2D eigenvalue weighted by atomic mass is 10.0.